The van der Waals surface area contributed by atoms with Gasteiger partial charge in [0.25, 0.3) is 5.91 Å². The number of carbonyl (C=O) groups excluding carboxylic acids is 1. The summed E-state index contributed by atoms with van der Waals surface area (Å²) in [6, 6.07) is 14.3. The van der Waals surface area contributed by atoms with Crippen LogP contribution < -0.4 is 4.74 Å². The van der Waals surface area contributed by atoms with Gasteiger partial charge in [-0.05, 0) is 35.9 Å². The number of ether oxygens (including phenoxy) is 2. The van der Waals surface area contributed by atoms with E-state index in [-0.39, 0.29) is 12.5 Å². The first-order valence-corrected chi connectivity index (χ1v) is 9.48. The summed E-state index contributed by atoms with van der Waals surface area (Å²) in [6.07, 6.45) is 1.73. The molecule has 1 aliphatic rings. The molecular weight excluding hydrogens is 399 g/mol. The number of morpholine rings is 1. The molecule has 0 saturated carbocycles. The highest BCUT2D eigenvalue weighted by molar-refractivity contribution is 6.36. The Labute approximate surface area is 173 Å². The lowest BCUT2D eigenvalue weighted by Gasteiger charge is -2.26. The maximum atomic E-state index is 12.1. The lowest BCUT2D eigenvalue weighted by atomic mass is 10.0. The van der Waals surface area contributed by atoms with Crippen molar-refractivity contribution in [2.45, 2.75) is 0 Å². The Kier molecular flexibility index (Phi) is 6.94. The van der Waals surface area contributed by atoms with Crippen molar-refractivity contribution >= 4 is 40.8 Å². The third kappa shape index (κ3) is 5.26. The lowest BCUT2D eigenvalue weighted by molar-refractivity contribution is -0.137. The van der Waals surface area contributed by atoms with E-state index in [1.165, 1.54) is 0 Å². The summed E-state index contributed by atoms with van der Waals surface area (Å²) in [6.45, 7) is 2.29. The van der Waals surface area contributed by atoms with Gasteiger partial charge in [0.1, 0.15) is 5.75 Å². The van der Waals surface area contributed by atoms with Crippen LogP contribution in [0, 0.1) is 11.3 Å². The minimum atomic E-state index is -0.0589. The molecule has 0 aliphatic carbocycles. The van der Waals surface area contributed by atoms with Crippen molar-refractivity contribution in [3.8, 4) is 11.8 Å². The van der Waals surface area contributed by atoms with E-state index in [0.717, 1.165) is 5.56 Å². The molecule has 1 fully saturated rings. The van der Waals surface area contributed by atoms with Gasteiger partial charge in [-0.15, -0.1) is 0 Å². The summed E-state index contributed by atoms with van der Waals surface area (Å²) in [4.78, 5) is 13.8. The second-order valence-corrected chi connectivity index (χ2v) is 6.99. The van der Waals surface area contributed by atoms with E-state index >= 15 is 0 Å². The molecule has 0 bridgehead atoms. The molecule has 0 N–H and O–H groups in total. The predicted octanol–water partition coefficient (Wildman–Crippen LogP) is 4.30. The summed E-state index contributed by atoms with van der Waals surface area (Å²) >= 11 is 12.1. The van der Waals surface area contributed by atoms with Crippen molar-refractivity contribution in [1.29, 1.82) is 5.26 Å². The number of hydrogen-bond acceptors (Lipinski definition) is 4. The highest BCUT2D eigenvalue weighted by Gasteiger charge is 2.17. The summed E-state index contributed by atoms with van der Waals surface area (Å²) in [7, 11) is 0. The quantitative estimate of drug-likeness (QED) is 0.538. The van der Waals surface area contributed by atoms with Gasteiger partial charge in [0, 0.05) is 23.7 Å². The van der Waals surface area contributed by atoms with Gasteiger partial charge in [0.2, 0.25) is 0 Å². The number of carbonyl (C=O) groups is 1. The van der Waals surface area contributed by atoms with Gasteiger partial charge in [-0.25, -0.2) is 0 Å². The average molecular weight is 417 g/mol. The number of hydrogen-bond donors (Lipinski definition) is 0. The van der Waals surface area contributed by atoms with Crippen LogP contribution in [0.1, 0.15) is 11.1 Å². The zero-order valence-corrected chi connectivity index (χ0v) is 16.5. The van der Waals surface area contributed by atoms with Crippen molar-refractivity contribution in [3.05, 3.63) is 63.6 Å². The van der Waals surface area contributed by atoms with Crippen LogP contribution in [0.15, 0.2) is 42.5 Å². The first-order chi connectivity index (χ1) is 13.6. The van der Waals surface area contributed by atoms with Crippen LogP contribution in [-0.4, -0.2) is 43.7 Å². The van der Waals surface area contributed by atoms with E-state index in [2.05, 4.69) is 6.07 Å². The normalized spacial score (nSPS) is 14.5. The van der Waals surface area contributed by atoms with Crippen LogP contribution in [0.4, 0.5) is 0 Å². The van der Waals surface area contributed by atoms with E-state index in [9.17, 15) is 10.1 Å². The van der Waals surface area contributed by atoms with Gasteiger partial charge in [0.15, 0.2) is 6.61 Å². The number of halogens is 2. The summed E-state index contributed by atoms with van der Waals surface area (Å²) in [5.41, 5.74) is 1.86. The molecule has 0 aromatic heterocycles. The van der Waals surface area contributed by atoms with Crippen LogP contribution in [0.5, 0.6) is 5.75 Å². The fraction of sp³-hybridized carbons (Fsp3) is 0.238. The molecule has 1 aliphatic heterocycles. The van der Waals surface area contributed by atoms with Crippen molar-refractivity contribution in [2.24, 2.45) is 0 Å². The van der Waals surface area contributed by atoms with Crippen molar-refractivity contribution < 1.29 is 14.3 Å². The minimum Gasteiger partial charge on any atom is -0.484 e. The molecule has 3 rings (SSSR count). The summed E-state index contributed by atoms with van der Waals surface area (Å²) in [5.74, 6) is 0.526. The van der Waals surface area contributed by atoms with Crippen molar-refractivity contribution in [3.63, 3.8) is 0 Å². The molecule has 0 unspecified atom stereocenters. The molecule has 5 nitrogen and oxygen atoms in total. The number of rotatable bonds is 5. The topological polar surface area (TPSA) is 62.6 Å². The van der Waals surface area contributed by atoms with Gasteiger partial charge < -0.3 is 14.4 Å². The van der Waals surface area contributed by atoms with Gasteiger partial charge >= 0.3 is 0 Å². The Morgan fingerprint density at radius 3 is 2.54 bits per heavy atom. The van der Waals surface area contributed by atoms with E-state index in [1.807, 2.05) is 12.1 Å². The summed E-state index contributed by atoms with van der Waals surface area (Å²) in [5, 5.41) is 10.4. The number of amides is 1. The fourth-order valence-corrected chi connectivity index (χ4v) is 3.26. The van der Waals surface area contributed by atoms with Crippen LogP contribution in [0.2, 0.25) is 10.0 Å². The Bertz CT molecular complexity index is 914. The molecule has 144 valence electrons. The zero-order chi connectivity index (χ0) is 19.9. The smallest absolute Gasteiger partial charge is 0.260 e. The van der Waals surface area contributed by atoms with Crippen LogP contribution in [0.25, 0.3) is 11.6 Å². The van der Waals surface area contributed by atoms with Crippen LogP contribution in [0.3, 0.4) is 0 Å². The Morgan fingerprint density at radius 1 is 1.18 bits per heavy atom. The average Bonchev–Trinajstić information content (AvgIpc) is 2.72. The van der Waals surface area contributed by atoms with Crippen molar-refractivity contribution in [1.82, 2.24) is 4.90 Å². The third-order valence-corrected chi connectivity index (χ3v) is 4.81. The summed E-state index contributed by atoms with van der Waals surface area (Å²) < 4.78 is 10.8. The third-order valence-electron chi connectivity index (χ3n) is 4.26. The molecule has 0 radical (unpaired) electrons. The highest BCUT2D eigenvalue weighted by Crippen LogP contribution is 2.28. The molecule has 7 heteroatoms. The van der Waals surface area contributed by atoms with E-state index in [4.69, 9.17) is 32.7 Å². The van der Waals surface area contributed by atoms with Crippen molar-refractivity contribution in [2.75, 3.05) is 32.9 Å². The zero-order valence-electron chi connectivity index (χ0n) is 15.0. The second-order valence-electron chi connectivity index (χ2n) is 6.14. The van der Waals surface area contributed by atoms with Gasteiger partial charge in [-0.3, -0.25) is 4.79 Å². The van der Waals surface area contributed by atoms with E-state index in [1.54, 1.807) is 41.3 Å². The van der Waals surface area contributed by atoms with Crippen LogP contribution >= 0.6 is 23.2 Å². The van der Waals surface area contributed by atoms with E-state index < -0.39 is 0 Å². The molecular formula is C21H18Cl2N2O3. The first-order valence-electron chi connectivity index (χ1n) is 8.72. The maximum absolute atomic E-state index is 12.1. The second kappa shape index (κ2) is 9.61. The number of benzene rings is 2. The molecule has 1 saturated heterocycles. The molecule has 0 atom stereocenters. The lowest BCUT2D eigenvalue weighted by Crippen LogP contribution is -2.42. The molecule has 1 heterocycles. The van der Waals surface area contributed by atoms with Gasteiger partial charge in [-0.1, -0.05) is 41.4 Å². The molecule has 0 spiro atoms. The molecule has 2 aromatic rings. The SMILES string of the molecule is N#C/C(=C/c1ccc(OCC(=O)N2CCOCC2)cc1)c1ccc(Cl)cc1Cl. The molecule has 28 heavy (non-hydrogen) atoms. The Morgan fingerprint density at radius 2 is 1.89 bits per heavy atom. The monoisotopic (exact) mass is 416 g/mol. The Hall–Kier alpha value is -2.52. The predicted molar refractivity (Wildman–Crippen MR) is 109 cm³/mol. The molecule has 2 aromatic carbocycles. The number of nitriles is 1. The van der Waals surface area contributed by atoms with Gasteiger partial charge in [0.05, 0.1) is 29.9 Å². The number of allylic oxidation sites excluding steroid dienone is 1. The standard InChI is InChI=1S/C21H18Cl2N2O3/c22-17-3-6-19(20(23)12-17)16(13-24)11-15-1-4-18(5-2-15)28-14-21(26)25-7-9-27-10-8-25/h1-6,11-12H,7-10,14H2/b16-11-. The number of nitrogens with zero attached hydrogens (tertiary/aromatic N) is 2. The first kappa shape index (κ1) is 20.2. The highest BCUT2D eigenvalue weighted by atomic mass is 35.5. The van der Waals surface area contributed by atoms with E-state index in [0.29, 0.717) is 53.2 Å². The largest absolute Gasteiger partial charge is 0.484 e. The molecule has 1 amide bonds. The van der Waals surface area contributed by atoms with Crippen LogP contribution in [-0.2, 0) is 9.53 Å². The minimum absolute atomic E-state index is 0.0149. The van der Waals surface area contributed by atoms with Gasteiger partial charge in [-0.2, -0.15) is 5.26 Å². The fourth-order valence-electron chi connectivity index (χ4n) is 2.75. The Balaban J connectivity index is 1.65. The maximum Gasteiger partial charge on any atom is 0.260 e.